The van der Waals surface area contributed by atoms with Gasteiger partial charge in [-0.15, -0.1) is 0 Å². The molecule has 1 unspecified atom stereocenters. The molecule has 0 aliphatic carbocycles. The number of aryl methyl sites for hydroxylation is 1. The van der Waals surface area contributed by atoms with Crippen molar-refractivity contribution in [3.05, 3.63) is 53.6 Å². The van der Waals surface area contributed by atoms with Crippen molar-refractivity contribution in [1.29, 1.82) is 0 Å². The van der Waals surface area contributed by atoms with Crippen molar-refractivity contribution in [1.82, 2.24) is 0 Å². The molecule has 4 rings (SSSR count). The van der Waals surface area contributed by atoms with Crippen molar-refractivity contribution in [2.45, 2.75) is 35.6 Å². The predicted molar refractivity (Wildman–Crippen MR) is 86.1 cm³/mol. The molecule has 2 aromatic rings. The number of fused-ring (bicyclic) bond motifs is 5. The Morgan fingerprint density at radius 1 is 1.14 bits per heavy atom. The zero-order chi connectivity index (χ0) is 14.4. The van der Waals surface area contributed by atoms with Crippen LogP contribution in [0.2, 0.25) is 0 Å². The summed E-state index contributed by atoms with van der Waals surface area (Å²) in [6.45, 7) is 2.95. The second kappa shape index (κ2) is 4.92. The average Bonchev–Trinajstić information content (AvgIpc) is 2.62. The fourth-order valence-electron chi connectivity index (χ4n) is 3.32. The molecule has 2 aliphatic heterocycles. The van der Waals surface area contributed by atoms with Crippen LogP contribution in [0.3, 0.4) is 0 Å². The lowest BCUT2D eigenvalue weighted by Crippen LogP contribution is -2.37. The fraction of sp³-hybridized carbons (Fsp3) is 0.278. The number of carbonyl (C=O) groups is 1. The van der Waals surface area contributed by atoms with Gasteiger partial charge in [-0.1, -0.05) is 41.6 Å². The maximum Gasteiger partial charge on any atom is 0.137 e. The third kappa shape index (κ3) is 2.16. The van der Waals surface area contributed by atoms with Gasteiger partial charge in [-0.3, -0.25) is 4.79 Å². The van der Waals surface area contributed by atoms with Crippen molar-refractivity contribution < 1.29 is 4.79 Å². The molecule has 2 aliphatic rings. The highest BCUT2D eigenvalue weighted by Gasteiger charge is 2.33. The summed E-state index contributed by atoms with van der Waals surface area (Å²) in [4.78, 5) is 17.0. The third-order valence-corrected chi connectivity index (χ3v) is 5.50. The van der Waals surface area contributed by atoms with E-state index < -0.39 is 0 Å². The summed E-state index contributed by atoms with van der Waals surface area (Å²) in [5.74, 6) is 0.382. The maximum absolute atomic E-state index is 12.0. The van der Waals surface area contributed by atoms with Gasteiger partial charge in [0.15, 0.2) is 0 Å². The van der Waals surface area contributed by atoms with Crippen molar-refractivity contribution in [3.63, 3.8) is 0 Å². The van der Waals surface area contributed by atoms with Crippen molar-refractivity contribution >= 4 is 23.2 Å². The summed E-state index contributed by atoms with van der Waals surface area (Å²) >= 11 is 1.83. The molecule has 0 bridgehead atoms. The Labute approximate surface area is 129 Å². The van der Waals surface area contributed by atoms with Gasteiger partial charge in [-0.05, 0) is 30.7 Å². The average molecular weight is 295 g/mol. The number of hydrogen-bond acceptors (Lipinski definition) is 3. The van der Waals surface area contributed by atoms with Gasteiger partial charge in [0.2, 0.25) is 0 Å². The van der Waals surface area contributed by atoms with Crippen molar-refractivity contribution in [2.75, 3.05) is 11.4 Å². The van der Waals surface area contributed by atoms with Crippen LogP contribution in [0.25, 0.3) is 0 Å². The van der Waals surface area contributed by atoms with Crippen LogP contribution in [0.4, 0.5) is 5.69 Å². The molecule has 0 saturated carbocycles. The van der Waals surface area contributed by atoms with E-state index in [1.165, 1.54) is 26.6 Å². The van der Waals surface area contributed by atoms with Crippen LogP contribution in [-0.4, -0.2) is 12.3 Å². The van der Waals surface area contributed by atoms with E-state index in [2.05, 4.69) is 54.3 Å². The van der Waals surface area contributed by atoms with Gasteiger partial charge in [0.25, 0.3) is 0 Å². The summed E-state index contributed by atoms with van der Waals surface area (Å²) in [6, 6.07) is 15.4. The minimum atomic E-state index is 0.192. The molecule has 3 heteroatoms. The smallest absolute Gasteiger partial charge is 0.137 e. The zero-order valence-electron chi connectivity index (χ0n) is 12.0. The number of para-hydroxylation sites is 1. The molecular formula is C18H17NOS. The number of Topliss-reactive ketones (excluding diaryl/α,β-unsaturated/α-hetero) is 1. The number of hydrogen-bond donors (Lipinski definition) is 0. The first-order valence-corrected chi connectivity index (χ1v) is 8.20. The van der Waals surface area contributed by atoms with Crippen LogP contribution < -0.4 is 4.90 Å². The first-order valence-electron chi connectivity index (χ1n) is 7.38. The lowest BCUT2D eigenvalue weighted by Gasteiger charge is -2.37. The first kappa shape index (κ1) is 13.0. The first-order chi connectivity index (χ1) is 10.2. The zero-order valence-corrected chi connectivity index (χ0v) is 12.8. The highest BCUT2D eigenvalue weighted by atomic mass is 32.2. The molecule has 1 atom stereocenters. The topological polar surface area (TPSA) is 20.3 Å². The van der Waals surface area contributed by atoms with E-state index >= 15 is 0 Å². The third-order valence-electron chi connectivity index (χ3n) is 4.35. The van der Waals surface area contributed by atoms with E-state index in [-0.39, 0.29) is 6.04 Å². The minimum absolute atomic E-state index is 0.192. The lowest BCUT2D eigenvalue weighted by molar-refractivity contribution is -0.120. The van der Waals surface area contributed by atoms with Crippen LogP contribution in [0, 0.1) is 6.92 Å². The van der Waals surface area contributed by atoms with Crippen LogP contribution >= 0.6 is 11.8 Å². The quantitative estimate of drug-likeness (QED) is 0.720. The summed E-state index contributed by atoms with van der Waals surface area (Å²) in [6.07, 6.45) is 1.29. The monoisotopic (exact) mass is 295 g/mol. The molecule has 1 fully saturated rings. The molecular weight excluding hydrogens is 278 g/mol. The number of anilines is 1. The Kier molecular flexibility index (Phi) is 3.03. The van der Waals surface area contributed by atoms with Crippen LogP contribution in [0.1, 0.15) is 30.0 Å². The highest BCUT2D eigenvalue weighted by Crippen LogP contribution is 2.48. The molecule has 0 N–H and O–H groups in total. The van der Waals surface area contributed by atoms with Crippen LogP contribution in [-0.2, 0) is 4.79 Å². The maximum atomic E-state index is 12.0. The molecule has 2 aromatic carbocycles. The Hall–Kier alpha value is -1.74. The van der Waals surface area contributed by atoms with Gasteiger partial charge in [0, 0.05) is 29.2 Å². The second-order valence-corrected chi connectivity index (χ2v) is 6.90. The van der Waals surface area contributed by atoms with Crippen LogP contribution in [0.5, 0.6) is 0 Å². The summed E-state index contributed by atoms with van der Waals surface area (Å²) in [7, 11) is 0. The molecule has 0 aromatic heterocycles. The Morgan fingerprint density at radius 3 is 2.90 bits per heavy atom. The largest absolute Gasteiger partial charge is 0.363 e. The molecule has 2 nitrogen and oxygen atoms in total. The van der Waals surface area contributed by atoms with Crippen LogP contribution in [0.15, 0.2) is 52.3 Å². The molecule has 0 radical (unpaired) electrons. The molecule has 1 saturated heterocycles. The second-order valence-electron chi connectivity index (χ2n) is 5.81. The number of rotatable bonds is 0. The normalized spacial score (nSPS) is 20.3. The van der Waals surface area contributed by atoms with E-state index in [1.807, 2.05) is 11.8 Å². The Balaban J connectivity index is 1.93. The van der Waals surface area contributed by atoms with Crippen molar-refractivity contribution in [3.8, 4) is 0 Å². The van der Waals surface area contributed by atoms with Gasteiger partial charge in [-0.2, -0.15) is 0 Å². The van der Waals surface area contributed by atoms with E-state index in [1.54, 1.807) is 0 Å². The lowest BCUT2D eigenvalue weighted by atomic mass is 9.93. The fourth-order valence-corrected chi connectivity index (χ4v) is 4.44. The molecule has 0 amide bonds. The molecule has 106 valence electrons. The van der Waals surface area contributed by atoms with Gasteiger partial charge < -0.3 is 4.90 Å². The highest BCUT2D eigenvalue weighted by molar-refractivity contribution is 7.99. The van der Waals surface area contributed by atoms with Crippen molar-refractivity contribution in [2.24, 2.45) is 0 Å². The number of ketones is 1. The standard InChI is InChI=1S/C18H17NOS/c1-12-6-7-17-14(10-12)16-11-13(20)8-9-19(16)15-4-2-3-5-18(15)21-17/h2-7,10,16H,8-9,11H2,1H3. The van der Waals surface area contributed by atoms with Gasteiger partial charge in [0.1, 0.15) is 5.78 Å². The number of benzene rings is 2. The van der Waals surface area contributed by atoms with Gasteiger partial charge in [-0.25, -0.2) is 0 Å². The Morgan fingerprint density at radius 2 is 2.00 bits per heavy atom. The Bertz CT molecular complexity index is 725. The molecule has 21 heavy (non-hydrogen) atoms. The molecule has 0 spiro atoms. The molecule has 2 heterocycles. The SMILES string of the molecule is Cc1ccc2c(c1)C1CC(=O)CCN1c1ccccc1S2. The van der Waals surface area contributed by atoms with E-state index in [4.69, 9.17) is 0 Å². The predicted octanol–water partition coefficient (Wildman–Crippen LogP) is 4.37. The number of nitrogens with zero attached hydrogens (tertiary/aromatic N) is 1. The van der Waals surface area contributed by atoms with Gasteiger partial charge in [0.05, 0.1) is 11.7 Å². The van der Waals surface area contributed by atoms with E-state index in [0.717, 1.165) is 6.54 Å². The summed E-state index contributed by atoms with van der Waals surface area (Å²) < 4.78 is 0. The number of piperidine rings is 1. The summed E-state index contributed by atoms with van der Waals surface area (Å²) in [5, 5.41) is 0. The number of carbonyl (C=O) groups excluding carboxylic acids is 1. The summed E-state index contributed by atoms with van der Waals surface area (Å²) in [5.41, 5.74) is 3.84. The van der Waals surface area contributed by atoms with E-state index in [0.29, 0.717) is 18.6 Å². The minimum Gasteiger partial charge on any atom is -0.363 e. The van der Waals surface area contributed by atoms with Gasteiger partial charge >= 0.3 is 0 Å². The van der Waals surface area contributed by atoms with E-state index in [9.17, 15) is 4.79 Å².